The van der Waals surface area contributed by atoms with Crippen molar-refractivity contribution in [2.75, 3.05) is 20.3 Å². The fourth-order valence-corrected chi connectivity index (χ4v) is 5.13. The number of ether oxygens (including phenoxy) is 1. The molecule has 1 aromatic heterocycles. The first-order chi connectivity index (χ1) is 9.52. The molecule has 1 fully saturated rings. The molecule has 20 heavy (non-hydrogen) atoms. The number of aliphatic hydroxyl groups is 1. The summed E-state index contributed by atoms with van der Waals surface area (Å²) in [5.41, 5.74) is 0. The van der Waals surface area contributed by atoms with Crippen molar-refractivity contribution in [3.05, 3.63) is 16.3 Å². The molecule has 8 heteroatoms. The van der Waals surface area contributed by atoms with Crippen LogP contribution in [0.15, 0.2) is 16.3 Å². The van der Waals surface area contributed by atoms with E-state index in [0.717, 1.165) is 30.6 Å². The molecule has 0 unspecified atom stereocenters. The Kier molecular flexibility index (Phi) is 4.79. The predicted octanol–water partition coefficient (Wildman–Crippen LogP) is 1.07. The number of thiophene rings is 1. The van der Waals surface area contributed by atoms with Crippen molar-refractivity contribution in [3.63, 3.8) is 0 Å². The maximum atomic E-state index is 12.7. The summed E-state index contributed by atoms with van der Waals surface area (Å²) < 4.78 is 31.3. The van der Waals surface area contributed by atoms with E-state index < -0.39 is 16.0 Å². The van der Waals surface area contributed by atoms with Gasteiger partial charge in [0.05, 0.1) is 13.7 Å². The van der Waals surface area contributed by atoms with Gasteiger partial charge in [0, 0.05) is 12.6 Å². The highest BCUT2D eigenvalue weighted by atomic mass is 32.2. The Labute approximate surface area is 122 Å². The average Bonchev–Trinajstić information content (AvgIpc) is 2.85. The number of carbonyl (C=O) groups excluding carboxylic acids is 1. The van der Waals surface area contributed by atoms with Crippen LogP contribution in [-0.2, 0) is 14.8 Å². The Morgan fingerprint density at radius 1 is 1.55 bits per heavy atom. The molecule has 1 N–H and O–H groups in total. The van der Waals surface area contributed by atoms with Crippen molar-refractivity contribution < 1.29 is 23.1 Å². The third kappa shape index (κ3) is 2.73. The van der Waals surface area contributed by atoms with Crippen molar-refractivity contribution in [1.29, 1.82) is 0 Å². The number of hydrogen-bond donors (Lipinski definition) is 1. The molecule has 0 saturated heterocycles. The zero-order chi connectivity index (χ0) is 14.8. The quantitative estimate of drug-likeness (QED) is 0.793. The number of rotatable bonds is 6. The summed E-state index contributed by atoms with van der Waals surface area (Å²) in [5, 5.41) is 10.6. The summed E-state index contributed by atoms with van der Waals surface area (Å²) in [5.74, 6) is -0.656. The van der Waals surface area contributed by atoms with Gasteiger partial charge in [0.1, 0.15) is 9.77 Å². The van der Waals surface area contributed by atoms with E-state index >= 15 is 0 Å². The van der Waals surface area contributed by atoms with Crippen LogP contribution in [0.5, 0.6) is 0 Å². The van der Waals surface area contributed by atoms with Gasteiger partial charge in [0.15, 0.2) is 0 Å². The topological polar surface area (TPSA) is 83.9 Å². The zero-order valence-corrected chi connectivity index (χ0v) is 12.7. The smallest absolute Gasteiger partial charge is 0.349 e. The molecule has 6 nitrogen and oxygen atoms in total. The minimum absolute atomic E-state index is 0.0327. The minimum Gasteiger partial charge on any atom is -0.465 e. The molecular weight excluding hydrogens is 302 g/mol. The molecule has 0 aliphatic heterocycles. The minimum atomic E-state index is -3.78. The third-order valence-corrected chi connectivity index (χ3v) is 6.41. The number of methoxy groups -OCH3 is 1. The standard InChI is InChI=1S/C12H17NO5S2/c1-18-12(15)11-10(5-8-19-11)20(16,17)13(6-7-14)9-3-2-4-9/h5,8-9,14H,2-4,6-7H2,1H3. The zero-order valence-electron chi connectivity index (χ0n) is 11.1. The van der Waals surface area contributed by atoms with Gasteiger partial charge >= 0.3 is 5.97 Å². The monoisotopic (exact) mass is 319 g/mol. The molecule has 1 saturated carbocycles. The average molecular weight is 319 g/mol. The molecule has 0 bridgehead atoms. The van der Waals surface area contributed by atoms with Crippen LogP contribution in [0.2, 0.25) is 0 Å². The van der Waals surface area contributed by atoms with Crippen LogP contribution >= 0.6 is 11.3 Å². The lowest BCUT2D eigenvalue weighted by Gasteiger charge is -2.36. The molecule has 1 aliphatic rings. The summed E-state index contributed by atoms with van der Waals surface area (Å²) in [4.78, 5) is 11.7. The Morgan fingerprint density at radius 2 is 2.25 bits per heavy atom. The van der Waals surface area contributed by atoms with Gasteiger partial charge in [-0.3, -0.25) is 0 Å². The number of carbonyl (C=O) groups is 1. The molecule has 0 amide bonds. The van der Waals surface area contributed by atoms with Gasteiger partial charge in [-0.25, -0.2) is 13.2 Å². The summed E-state index contributed by atoms with van der Waals surface area (Å²) in [6, 6.07) is 1.33. The lowest BCUT2D eigenvalue weighted by molar-refractivity contribution is 0.0602. The first-order valence-corrected chi connectivity index (χ1v) is 8.63. The number of sulfonamides is 1. The highest BCUT2D eigenvalue weighted by Crippen LogP contribution is 2.32. The third-order valence-electron chi connectivity index (χ3n) is 3.39. The lowest BCUT2D eigenvalue weighted by Crippen LogP contribution is -2.45. The van der Waals surface area contributed by atoms with Crippen LogP contribution in [0.1, 0.15) is 28.9 Å². The largest absolute Gasteiger partial charge is 0.465 e. The molecule has 1 aromatic rings. The van der Waals surface area contributed by atoms with Gasteiger partial charge in [-0.15, -0.1) is 11.3 Å². The molecular formula is C12H17NO5S2. The Hall–Kier alpha value is -0.960. The highest BCUT2D eigenvalue weighted by molar-refractivity contribution is 7.89. The Bertz CT molecular complexity index is 576. The van der Waals surface area contributed by atoms with Crippen LogP contribution in [0.3, 0.4) is 0 Å². The van der Waals surface area contributed by atoms with Gasteiger partial charge in [-0.1, -0.05) is 6.42 Å². The van der Waals surface area contributed by atoms with E-state index in [1.165, 1.54) is 17.5 Å². The summed E-state index contributed by atoms with van der Waals surface area (Å²) in [6.45, 7) is -0.198. The van der Waals surface area contributed by atoms with Crippen LogP contribution < -0.4 is 0 Å². The molecule has 2 rings (SSSR count). The highest BCUT2D eigenvalue weighted by Gasteiger charge is 2.37. The van der Waals surface area contributed by atoms with E-state index in [0.29, 0.717) is 0 Å². The van der Waals surface area contributed by atoms with E-state index in [4.69, 9.17) is 5.11 Å². The normalized spacial score (nSPS) is 16.1. The summed E-state index contributed by atoms with van der Waals surface area (Å²) in [6.07, 6.45) is 2.56. The van der Waals surface area contributed by atoms with Crippen LogP contribution in [-0.4, -0.2) is 50.1 Å². The van der Waals surface area contributed by atoms with Crippen LogP contribution in [0.4, 0.5) is 0 Å². The van der Waals surface area contributed by atoms with E-state index in [1.807, 2.05) is 0 Å². The number of hydrogen-bond acceptors (Lipinski definition) is 6. The van der Waals surface area contributed by atoms with Gasteiger partial charge < -0.3 is 9.84 Å². The van der Waals surface area contributed by atoms with Gasteiger partial charge in [-0.2, -0.15) is 4.31 Å². The van der Waals surface area contributed by atoms with E-state index in [2.05, 4.69) is 4.74 Å². The van der Waals surface area contributed by atoms with Gasteiger partial charge in [-0.05, 0) is 24.3 Å². The SMILES string of the molecule is COC(=O)c1sccc1S(=O)(=O)N(CCO)C1CCC1. The molecule has 1 heterocycles. The fourth-order valence-electron chi connectivity index (χ4n) is 2.14. The van der Waals surface area contributed by atoms with Crippen molar-refractivity contribution in [2.24, 2.45) is 0 Å². The predicted molar refractivity (Wildman–Crippen MR) is 74.3 cm³/mol. The van der Waals surface area contributed by atoms with E-state index in [-0.39, 0.29) is 29.0 Å². The van der Waals surface area contributed by atoms with Gasteiger partial charge in [0.25, 0.3) is 0 Å². The second kappa shape index (κ2) is 6.21. The second-order valence-corrected chi connectivity index (χ2v) is 7.30. The molecule has 0 spiro atoms. The van der Waals surface area contributed by atoms with Gasteiger partial charge in [0.2, 0.25) is 10.0 Å². The van der Waals surface area contributed by atoms with Crippen molar-refractivity contribution in [1.82, 2.24) is 4.31 Å². The second-order valence-electron chi connectivity index (χ2n) is 4.53. The van der Waals surface area contributed by atoms with E-state index in [1.54, 1.807) is 5.38 Å². The molecule has 0 aromatic carbocycles. The van der Waals surface area contributed by atoms with E-state index in [9.17, 15) is 13.2 Å². The maximum Gasteiger partial charge on any atom is 0.349 e. The Balaban J connectivity index is 2.37. The Morgan fingerprint density at radius 3 is 2.75 bits per heavy atom. The maximum absolute atomic E-state index is 12.7. The molecule has 1 aliphatic carbocycles. The van der Waals surface area contributed by atoms with Crippen LogP contribution in [0, 0.1) is 0 Å². The number of nitrogens with zero attached hydrogens (tertiary/aromatic N) is 1. The number of esters is 1. The first-order valence-electron chi connectivity index (χ1n) is 6.31. The fraction of sp³-hybridized carbons (Fsp3) is 0.583. The van der Waals surface area contributed by atoms with Crippen molar-refractivity contribution >= 4 is 27.3 Å². The molecule has 112 valence electrons. The number of aliphatic hydroxyl groups excluding tert-OH is 1. The lowest BCUT2D eigenvalue weighted by atomic mass is 9.93. The molecule has 0 radical (unpaired) electrons. The summed E-state index contributed by atoms with van der Waals surface area (Å²) in [7, 11) is -2.56. The van der Waals surface area contributed by atoms with Crippen LogP contribution in [0.25, 0.3) is 0 Å². The first kappa shape index (κ1) is 15.4. The molecule has 0 atom stereocenters. The van der Waals surface area contributed by atoms with Crippen molar-refractivity contribution in [2.45, 2.75) is 30.2 Å². The summed E-state index contributed by atoms with van der Waals surface area (Å²) >= 11 is 1.04. The van der Waals surface area contributed by atoms with Crippen molar-refractivity contribution in [3.8, 4) is 0 Å².